The van der Waals surface area contributed by atoms with Gasteiger partial charge < -0.3 is 9.84 Å². The van der Waals surface area contributed by atoms with E-state index in [0.717, 1.165) is 10.6 Å². The van der Waals surface area contributed by atoms with Crippen molar-refractivity contribution in [1.29, 1.82) is 0 Å². The van der Waals surface area contributed by atoms with E-state index in [9.17, 15) is 4.79 Å². The zero-order valence-electron chi connectivity index (χ0n) is 11.0. The molecule has 0 saturated heterocycles. The molecule has 0 aliphatic heterocycles. The molecule has 0 saturated carbocycles. The molecule has 0 radical (unpaired) electrons. The van der Waals surface area contributed by atoms with Gasteiger partial charge in [-0.3, -0.25) is 5.32 Å². The first kappa shape index (κ1) is 14.7. The summed E-state index contributed by atoms with van der Waals surface area (Å²) in [6, 6.07) is 0. The van der Waals surface area contributed by atoms with Gasteiger partial charge in [0.05, 0.1) is 17.2 Å². The predicted octanol–water partition coefficient (Wildman–Crippen LogP) is 2.80. The lowest BCUT2D eigenvalue weighted by atomic mass is 10.2. The standard InChI is InChI=1S/C12H18N2O3S/c1-8-9(6-5-7-15)18-10(13-8)14-11(16)17-12(2,3)4/h5-6,15H,7H2,1-4H3,(H,13,14,16)/b6-5+. The number of ether oxygens (including phenoxy) is 1. The number of carbonyl (C=O) groups is 1. The lowest BCUT2D eigenvalue weighted by molar-refractivity contribution is 0.0636. The van der Waals surface area contributed by atoms with Gasteiger partial charge in [-0.25, -0.2) is 9.78 Å². The molecule has 6 heteroatoms. The second-order valence-corrected chi connectivity index (χ2v) is 5.71. The van der Waals surface area contributed by atoms with Crippen LogP contribution in [0.1, 0.15) is 31.3 Å². The van der Waals surface area contributed by atoms with Crippen molar-refractivity contribution in [3.63, 3.8) is 0 Å². The van der Waals surface area contributed by atoms with Crippen LogP contribution in [-0.4, -0.2) is 28.4 Å². The minimum Gasteiger partial charge on any atom is -0.444 e. The zero-order chi connectivity index (χ0) is 13.8. The molecule has 0 unspecified atom stereocenters. The summed E-state index contributed by atoms with van der Waals surface area (Å²) < 4.78 is 5.13. The van der Waals surface area contributed by atoms with Gasteiger partial charge in [-0.2, -0.15) is 0 Å². The maximum absolute atomic E-state index is 11.5. The van der Waals surface area contributed by atoms with Crippen molar-refractivity contribution in [1.82, 2.24) is 4.98 Å². The zero-order valence-corrected chi connectivity index (χ0v) is 11.8. The summed E-state index contributed by atoms with van der Waals surface area (Å²) in [7, 11) is 0. The van der Waals surface area contributed by atoms with Crippen LogP contribution in [0.25, 0.3) is 6.08 Å². The van der Waals surface area contributed by atoms with Gasteiger partial charge in [0, 0.05) is 0 Å². The van der Waals surface area contributed by atoms with Crippen LogP contribution in [0, 0.1) is 6.92 Å². The number of nitrogens with one attached hydrogen (secondary N) is 1. The number of aliphatic hydroxyl groups excluding tert-OH is 1. The lowest BCUT2D eigenvalue weighted by Gasteiger charge is -2.18. The Morgan fingerprint density at radius 2 is 2.22 bits per heavy atom. The molecule has 1 aromatic heterocycles. The van der Waals surface area contributed by atoms with Crippen LogP contribution >= 0.6 is 11.3 Å². The first-order valence-electron chi connectivity index (χ1n) is 5.56. The largest absolute Gasteiger partial charge is 0.444 e. The Morgan fingerprint density at radius 1 is 1.56 bits per heavy atom. The van der Waals surface area contributed by atoms with Crippen molar-refractivity contribution in [3.8, 4) is 0 Å². The van der Waals surface area contributed by atoms with Crippen LogP contribution in [0.15, 0.2) is 6.08 Å². The topological polar surface area (TPSA) is 71.5 Å². The maximum atomic E-state index is 11.5. The monoisotopic (exact) mass is 270 g/mol. The fourth-order valence-corrected chi connectivity index (χ4v) is 2.05. The number of carbonyl (C=O) groups excluding carboxylic acids is 1. The van der Waals surface area contributed by atoms with Gasteiger partial charge in [-0.15, -0.1) is 0 Å². The molecule has 1 rings (SSSR count). The molecule has 0 aromatic carbocycles. The highest BCUT2D eigenvalue weighted by Gasteiger charge is 2.17. The van der Waals surface area contributed by atoms with Crippen molar-refractivity contribution in [2.75, 3.05) is 11.9 Å². The predicted molar refractivity (Wildman–Crippen MR) is 72.8 cm³/mol. The highest BCUT2D eigenvalue weighted by molar-refractivity contribution is 7.16. The third kappa shape index (κ3) is 4.85. The molecule has 5 nitrogen and oxygen atoms in total. The van der Waals surface area contributed by atoms with Crippen molar-refractivity contribution in [2.24, 2.45) is 0 Å². The number of hydrogen-bond donors (Lipinski definition) is 2. The fourth-order valence-electron chi connectivity index (χ4n) is 1.17. The van der Waals surface area contributed by atoms with Crippen LogP contribution < -0.4 is 5.32 Å². The number of amides is 1. The average Bonchev–Trinajstić information content (AvgIpc) is 2.52. The number of thiazole rings is 1. The van der Waals surface area contributed by atoms with Crippen LogP contribution in [0.4, 0.5) is 9.93 Å². The minimum absolute atomic E-state index is 0.0217. The van der Waals surface area contributed by atoms with E-state index in [1.807, 2.05) is 6.92 Å². The quantitative estimate of drug-likeness (QED) is 0.886. The summed E-state index contributed by atoms with van der Waals surface area (Å²) in [5.41, 5.74) is 0.270. The van der Waals surface area contributed by atoms with Gasteiger partial charge in [0.2, 0.25) is 0 Å². The molecule has 1 amide bonds. The lowest BCUT2D eigenvalue weighted by Crippen LogP contribution is -2.27. The summed E-state index contributed by atoms with van der Waals surface area (Å²) in [6.07, 6.45) is 2.87. The van der Waals surface area contributed by atoms with Gasteiger partial charge in [0.25, 0.3) is 0 Å². The van der Waals surface area contributed by atoms with Crippen LogP contribution in [0.5, 0.6) is 0 Å². The van der Waals surface area contributed by atoms with Gasteiger partial charge in [-0.1, -0.05) is 17.4 Å². The normalized spacial score (nSPS) is 11.8. The molecule has 0 bridgehead atoms. The van der Waals surface area contributed by atoms with E-state index >= 15 is 0 Å². The number of rotatable bonds is 3. The van der Waals surface area contributed by atoms with E-state index in [0.29, 0.717) is 5.13 Å². The summed E-state index contributed by atoms with van der Waals surface area (Å²) in [5.74, 6) is 0. The summed E-state index contributed by atoms with van der Waals surface area (Å²) in [4.78, 5) is 16.6. The van der Waals surface area contributed by atoms with Crippen LogP contribution in [0.2, 0.25) is 0 Å². The molecule has 2 N–H and O–H groups in total. The van der Waals surface area contributed by atoms with E-state index in [2.05, 4.69) is 10.3 Å². The number of aliphatic hydroxyl groups is 1. The Kier molecular flexibility index (Phi) is 4.86. The minimum atomic E-state index is -0.532. The van der Waals surface area contributed by atoms with Crippen molar-refractivity contribution in [3.05, 3.63) is 16.6 Å². The Bertz CT molecular complexity index is 447. The molecule has 1 aromatic rings. The van der Waals surface area contributed by atoms with E-state index in [-0.39, 0.29) is 6.61 Å². The highest BCUT2D eigenvalue weighted by Crippen LogP contribution is 2.24. The fraction of sp³-hybridized carbons (Fsp3) is 0.500. The Balaban J connectivity index is 2.69. The molecular weight excluding hydrogens is 252 g/mol. The Labute approximate surface area is 111 Å². The maximum Gasteiger partial charge on any atom is 0.413 e. The van der Waals surface area contributed by atoms with Gasteiger partial charge in [-0.05, 0) is 33.8 Å². The molecule has 0 aliphatic rings. The second kappa shape index (κ2) is 5.97. The number of anilines is 1. The van der Waals surface area contributed by atoms with E-state index in [1.165, 1.54) is 11.3 Å². The van der Waals surface area contributed by atoms with Gasteiger partial charge in [0.1, 0.15) is 5.60 Å². The summed E-state index contributed by atoms with van der Waals surface area (Å²) in [6.45, 7) is 7.22. The van der Waals surface area contributed by atoms with Crippen molar-refractivity contribution >= 4 is 28.6 Å². The molecule has 0 fully saturated rings. The van der Waals surface area contributed by atoms with E-state index in [4.69, 9.17) is 9.84 Å². The Hall–Kier alpha value is -1.40. The summed E-state index contributed by atoms with van der Waals surface area (Å²) >= 11 is 1.33. The van der Waals surface area contributed by atoms with Crippen LogP contribution in [0.3, 0.4) is 0 Å². The molecule has 100 valence electrons. The number of nitrogens with zero attached hydrogens (tertiary/aromatic N) is 1. The number of aryl methyl sites for hydroxylation is 1. The molecular formula is C12H18N2O3S. The van der Waals surface area contributed by atoms with E-state index in [1.54, 1.807) is 32.9 Å². The molecule has 1 heterocycles. The van der Waals surface area contributed by atoms with E-state index < -0.39 is 11.7 Å². The smallest absolute Gasteiger partial charge is 0.413 e. The first-order chi connectivity index (χ1) is 8.31. The molecule has 0 spiro atoms. The SMILES string of the molecule is Cc1nc(NC(=O)OC(C)(C)C)sc1/C=C/CO. The molecule has 18 heavy (non-hydrogen) atoms. The van der Waals surface area contributed by atoms with Crippen LogP contribution in [-0.2, 0) is 4.74 Å². The van der Waals surface area contributed by atoms with Crippen molar-refractivity contribution < 1.29 is 14.6 Å². The average molecular weight is 270 g/mol. The van der Waals surface area contributed by atoms with Gasteiger partial charge >= 0.3 is 6.09 Å². The Morgan fingerprint density at radius 3 is 2.78 bits per heavy atom. The van der Waals surface area contributed by atoms with Crippen molar-refractivity contribution in [2.45, 2.75) is 33.3 Å². The molecule has 0 aliphatic carbocycles. The number of aromatic nitrogens is 1. The third-order valence-electron chi connectivity index (χ3n) is 1.81. The summed E-state index contributed by atoms with van der Waals surface area (Å²) in [5, 5.41) is 11.8. The molecule has 0 atom stereocenters. The third-order valence-corrected chi connectivity index (χ3v) is 2.85. The second-order valence-electron chi connectivity index (χ2n) is 4.68. The highest BCUT2D eigenvalue weighted by atomic mass is 32.1. The number of hydrogen-bond acceptors (Lipinski definition) is 5. The van der Waals surface area contributed by atoms with Gasteiger partial charge in [0.15, 0.2) is 5.13 Å². The first-order valence-corrected chi connectivity index (χ1v) is 6.38.